The molecule has 0 unspecified atom stereocenters. The molecular formula is C25H34N2O3. The van der Waals surface area contributed by atoms with Crippen LogP contribution in [-0.4, -0.2) is 31.1 Å². The van der Waals surface area contributed by atoms with Crippen LogP contribution < -0.4 is 10.5 Å². The molecule has 2 atom stereocenters. The van der Waals surface area contributed by atoms with Crippen LogP contribution in [0.5, 0.6) is 5.75 Å². The van der Waals surface area contributed by atoms with Gasteiger partial charge in [0.1, 0.15) is 12.4 Å². The van der Waals surface area contributed by atoms with Crippen molar-refractivity contribution >= 4 is 5.71 Å². The molecular weight excluding hydrogens is 376 g/mol. The largest absolute Gasteiger partial charge is 0.497 e. The Balaban J connectivity index is 1.57. The number of ether oxygens (including phenoxy) is 1. The molecule has 0 aromatic heterocycles. The Morgan fingerprint density at radius 2 is 2.00 bits per heavy atom. The highest BCUT2D eigenvalue weighted by atomic mass is 16.6. The minimum atomic E-state index is 0.224. The second-order valence-electron chi connectivity index (χ2n) is 8.12. The van der Waals surface area contributed by atoms with Crippen molar-refractivity contribution in [2.75, 3.05) is 20.3 Å². The van der Waals surface area contributed by atoms with Crippen molar-refractivity contribution in [3.63, 3.8) is 0 Å². The number of benzene rings is 2. The smallest absolute Gasteiger partial charge is 0.142 e. The van der Waals surface area contributed by atoms with E-state index in [2.05, 4.69) is 30.3 Å². The van der Waals surface area contributed by atoms with E-state index < -0.39 is 0 Å². The van der Waals surface area contributed by atoms with E-state index in [-0.39, 0.29) is 6.61 Å². The number of nitrogens with two attached hydrogens (primary N) is 1. The van der Waals surface area contributed by atoms with Gasteiger partial charge in [0.2, 0.25) is 0 Å². The van der Waals surface area contributed by atoms with E-state index in [1.165, 1.54) is 16.7 Å². The number of fused-ring (bicyclic) bond motifs is 1. The van der Waals surface area contributed by atoms with Gasteiger partial charge in [-0.2, -0.15) is 0 Å². The lowest BCUT2D eigenvalue weighted by Crippen LogP contribution is -2.22. The SMILES string of the molecule is COc1ccc(CO/N=C(\C)[C@@H]2CCc3cc([C@H](CN)CCCO)ccc3C2)cc1. The van der Waals surface area contributed by atoms with Crippen molar-refractivity contribution in [2.24, 2.45) is 16.8 Å². The van der Waals surface area contributed by atoms with Gasteiger partial charge in [0.25, 0.3) is 0 Å². The molecule has 1 aliphatic rings. The van der Waals surface area contributed by atoms with E-state index >= 15 is 0 Å². The zero-order valence-corrected chi connectivity index (χ0v) is 18.1. The summed E-state index contributed by atoms with van der Waals surface area (Å²) in [4.78, 5) is 5.61. The molecule has 5 heteroatoms. The van der Waals surface area contributed by atoms with Crippen LogP contribution in [0.3, 0.4) is 0 Å². The number of rotatable bonds is 10. The van der Waals surface area contributed by atoms with Crippen LogP contribution in [0.4, 0.5) is 0 Å². The van der Waals surface area contributed by atoms with Gasteiger partial charge in [0, 0.05) is 12.5 Å². The van der Waals surface area contributed by atoms with Crippen LogP contribution >= 0.6 is 0 Å². The molecule has 2 aromatic rings. The minimum absolute atomic E-state index is 0.224. The van der Waals surface area contributed by atoms with E-state index in [0.29, 0.717) is 25.0 Å². The van der Waals surface area contributed by atoms with Crippen molar-refractivity contribution < 1.29 is 14.7 Å². The fourth-order valence-electron chi connectivity index (χ4n) is 4.15. The maximum atomic E-state index is 9.11. The molecule has 0 spiro atoms. The lowest BCUT2D eigenvalue weighted by Gasteiger charge is -2.26. The van der Waals surface area contributed by atoms with E-state index in [9.17, 15) is 0 Å². The monoisotopic (exact) mass is 410 g/mol. The highest BCUT2D eigenvalue weighted by Crippen LogP contribution is 2.30. The molecule has 2 aromatic carbocycles. The fourth-order valence-corrected chi connectivity index (χ4v) is 4.15. The lowest BCUT2D eigenvalue weighted by atomic mass is 9.80. The second-order valence-corrected chi connectivity index (χ2v) is 8.12. The van der Waals surface area contributed by atoms with E-state index in [4.69, 9.17) is 20.4 Å². The van der Waals surface area contributed by atoms with Crippen LogP contribution in [0.25, 0.3) is 0 Å². The number of methoxy groups -OCH3 is 1. The van der Waals surface area contributed by atoms with Gasteiger partial charge in [0.05, 0.1) is 12.8 Å². The Morgan fingerprint density at radius 3 is 2.70 bits per heavy atom. The summed E-state index contributed by atoms with van der Waals surface area (Å²) in [6.45, 7) is 3.38. The molecule has 0 saturated carbocycles. The zero-order chi connectivity index (χ0) is 21.3. The van der Waals surface area contributed by atoms with Gasteiger partial charge in [0.15, 0.2) is 0 Å². The second kappa shape index (κ2) is 11.1. The lowest BCUT2D eigenvalue weighted by molar-refractivity contribution is 0.128. The van der Waals surface area contributed by atoms with Crippen LogP contribution in [0, 0.1) is 5.92 Å². The average Bonchev–Trinajstić information content (AvgIpc) is 2.79. The molecule has 0 bridgehead atoms. The molecule has 0 saturated heterocycles. The number of hydrogen-bond donors (Lipinski definition) is 2. The number of aryl methyl sites for hydroxylation is 1. The Labute approximate surface area is 179 Å². The fraction of sp³-hybridized carbons (Fsp3) is 0.480. The Morgan fingerprint density at radius 1 is 1.20 bits per heavy atom. The molecule has 3 rings (SSSR count). The third kappa shape index (κ3) is 5.83. The van der Waals surface area contributed by atoms with E-state index in [0.717, 1.165) is 49.1 Å². The van der Waals surface area contributed by atoms with Crippen molar-refractivity contribution in [3.8, 4) is 5.75 Å². The van der Waals surface area contributed by atoms with E-state index in [1.807, 2.05) is 24.3 Å². The third-order valence-electron chi connectivity index (χ3n) is 6.12. The van der Waals surface area contributed by atoms with Crippen molar-refractivity contribution in [2.45, 2.75) is 51.6 Å². The molecule has 0 fully saturated rings. The first-order chi connectivity index (χ1) is 14.6. The summed E-state index contributed by atoms with van der Waals surface area (Å²) in [5.41, 5.74) is 12.2. The van der Waals surface area contributed by atoms with Gasteiger partial charge in [-0.05, 0) is 85.9 Å². The maximum Gasteiger partial charge on any atom is 0.142 e. The van der Waals surface area contributed by atoms with Gasteiger partial charge in [-0.3, -0.25) is 0 Å². The van der Waals surface area contributed by atoms with Gasteiger partial charge in [-0.1, -0.05) is 35.5 Å². The van der Waals surface area contributed by atoms with Gasteiger partial charge < -0.3 is 20.4 Å². The normalized spacial score (nSPS) is 17.3. The molecule has 30 heavy (non-hydrogen) atoms. The summed E-state index contributed by atoms with van der Waals surface area (Å²) in [6.07, 6.45) is 4.87. The quantitative estimate of drug-likeness (QED) is 0.454. The first kappa shape index (κ1) is 22.3. The first-order valence-corrected chi connectivity index (χ1v) is 10.9. The molecule has 0 heterocycles. The third-order valence-corrected chi connectivity index (χ3v) is 6.12. The summed E-state index contributed by atoms with van der Waals surface area (Å²) in [5, 5.41) is 13.5. The van der Waals surface area contributed by atoms with Gasteiger partial charge in [-0.15, -0.1) is 0 Å². The van der Waals surface area contributed by atoms with Crippen LogP contribution in [-0.2, 0) is 24.3 Å². The predicted molar refractivity (Wildman–Crippen MR) is 121 cm³/mol. The van der Waals surface area contributed by atoms with E-state index in [1.54, 1.807) is 7.11 Å². The summed E-state index contributed by atoms with van der Waals surface area (Å²) < 4.78 is 5.18. The maximum absolute atomic E-state index is 9.11. The number of aliphatic hydroxyl groups excluding tert-OH is 1. The molecule has 0 amide bonds. The Kier molecular flexibility index (Phi) is 8.29. The van der Waals surface area contributed by atoms with Crippen LogP contribution in [0.1, 0.15) is 54.4 Å². The highest BCUT2D eigenvalue weighted by Gasteiger charge is 2.22. The molecule has 1 aliphatic carbocycles. The molecule has 3 N–H and O–H groups in total. The molecule has 0 aliphatic heterocycles. The first-order valence-electron chi connectivity index (χ1n) is 10.9. The summed E-state index contributed by atoms with van der Waals surface area (Å²) >= 11 is 0. The van der Waals surface area contributed by atoms with Gasteiger partial charge in [-0.25, -0.2) is 0 Å². The number of hydrogen-bond acceptors (Lipinski definition) is 5. The Hall–Kier alpha value is -2.37. The summed E-state index contributed by atoms with van der Waals surface area (Å²) in [5.74, 6) is 1.59. The molecule has 0 radical (unpaired) electrons. The van der Waals surface area contributed by atoms with Crippen LogP contribution in [0.15, 0.2) is 47.6 Å². The van der Waals surface area contributed by atoms with Crippen molar-refractivity contribution in [1.29, 1.82) is 0 Å². The predicted octanol–water partition coefficient (Wildman–Crippen LogP) is 4.21. The number of aliphatic hydroxyl groups is 1. The van der Waals surface area contributed by atoms with Crippen molar-refractivity contribution in [1.82, 2.24) is 0 Å². The van der Waals surface area contributed by atoms with Crippen LogP contribution in [0.2, 0.25) is 0 Å². The highest BCUT2D eigenvalue weighted by molar-refractivity contribution is 5.84. The number of oxime groups is 1. The van der Waals surface area contributed by atoms with Gasteiger partial charge >= 0.3 is 0 Å². The van der Waals surface area contributed by atoms with Crippen molar-refractivity contribution in [3.05, 3.63) is 64.7 Å². The average molecular weight is 411 g/mol. The molecule has 5 nitrogen and oxygen atoms in total. The molecule has 162 valence electrons. The number of nitrogens with zero attached hydrogens (tertiary/aromatic N) is 1. The topological polar surface area (TPSA) is 77.1 Å². The zero-order valence-electron chi connectivity index (χ0n) is 18.1. The minimum Gasteiger partial charge on any atom is -0.497 e. The standard InChI is InChI=1S/C25H34N2O3/c1-18(27-30-17-19-5-11-25(29-2)12-6-19)20-7-8-22-15-23(10-9-21(22)14-20)24(16-26)4-3-13-28/h5-6,9-12,15,20,24,28H,3-4,7-8,13-14,16-17,26H2,1-2H3/b27-18+/t20-,24+/m1/s1. The summed E-state index contributed by atoms with van der Waals surface area (Å²) in [6, 6.07) is 14.6. The summed E-state index contributed by atoms with van der Waals surface area (Å²) in [7, 11) is 1.66. The Bertz CT molecular complexity index is 833.